The molecule has 0 radical (unpaired) electrons. The number of nitrogens with zero attached hydrogens (tertiary/aromatic N) is 3. The molecular weight excluding hydrogens is 993 g/mol. The van der Waals surface area contributed by atoms with Crippen molar-refractivity contribution in [2.75, 3.05) is 10.2 Å². The fourth-order valence-corrected chi connectivity index (χ4v) is 12.0. The number of fused-ring (bicyclic) bond motifs is 12. The van der Waals surface area contributed by atoms with Crippen molar-refractivity contribution in [1.29, 1.82) is 0 Å². The molecule has 12 aromatic carbocycles. The van der Waals surface area contributed by atoms with E-state index in [1.54, 1.807) is 11.8 Å². The molecule has 0 saturated heterocycles. The highest BCUT2D eigenvalue weighted by atomic mass is 16.3. The quantitative estimate of drug-likeness (QED) is 0.165. The van der Waals surface area contributed by atoms with Crippen LogP contribution in [0.3, 0.4) is 0 Å². The Morgan fingerprint density at radius 3 is 1.06 bits per heavy atom. The van der Waals surface area contributed by atoms with E-state index in [-0.39, 0.29) is 5.91 Å². The average molecular weight is 1040 g/mol. The number of hydrogen-bond acceptors (Lipinski definition) is 4. The van der Waals surface area contributed by atoms with Crippen LogP contribution in [0.4, 0.5) is 22.7 Å². The van der Waals surface area contributed by atoms with E-state index in [1.165, 1.54) is 32.6 Å². The van der Waals surface area contributed by atoms with Gasteiger partial charge in [0.15, 0.2) is 0 Å². The van der Waals surface area contributed by atoms with Crippen molar-refractivity contribution in [3.05, 3.63) is 279 Å². The van der Waals surface area contributed by atoms with Crippen molar-refractivity contribution < 1.29 is 13.6 Å². The summed E-state index contributed by atoms with van der Waals surface area (Å²) in [5, 5.41) is 13.0. The fourth-order valence-electron chi connectivity index (χ4n) is 12.0. The molecule has 1 amide bonds. The van der Waals surface area contributed by atoms with Crippen LogP contribution in [0.15, 0.2) is 288 Å². The topological polar surface area (TPSA) is 68.5 Å². The van der Waals surface area contributed by atoms with Gasteiger partial charge in [0.1, 0.15) is 22.3 Å². The van der Waals surface area contributed by atoms with E-state index >= 15 is 0 Å². The van der Waals surface area contributed by atoms with Crippen molar-refractivity contribution in [3.63, 3.8) is 0 Å². The number of rotatable bonds is 8. The van der Waals surface area contributed by atoms with Crippen molar-refractivity contribution in [2.45, 2.75) is 6.92 Å². The van der Waals surface area contributed by atoms with Crippen LogP contribution in [0.1, 0.15) is 6.92 Å². The number of aromatic nitrogens is 2. The number of anilines is 4. The van der Waals surface area contributed by atoms with Gasteiger partial charge >= 0.3 is 0 Å². The monoisotopic (exact) mass is 1040 g/mol. The second-order valence-corrected chi connectivity index (χ2v) is 20.5. The standard InChI is InChI=1S/C38H26N2O2.C36H24N2O/c1-25(41)39(27-19-17-26(18-20-27)30-12-8-13-34-33-11-4-7-16-37(33)42-38(30)34)28-21-23-29(24-22-28)40-35-14-5-2-9-31(35)32-10-3-6-15-36(32)40;1-4-13-33-29(8-1)30-9-2-5-14-34(30)38(33)27-22-20-26(21-23-27)37-25-18-16-24(17-19-25)28-11-7-12-32-31-10-3-6-15-35(31)39-36(28)32/h2-24H,1H3;1-23,37H. The van der Waals surface area contributed by atoms with E-state index in [4.69, 9.17) is 8.83 Å². The number of furan rings is 2. The smallest absolute Gasteiger partial charge is 0.228 e. The van der Waals surface area contributed by atoms with E-state index < -0.39 is 0 Å². The molecule has 7 nitrogen and oxygen atoms in total. The molecule has 0 fully saturated rings. The minimum absolute atomic E-state index is 0.0493. The first-order chi connectivity index (χ1) is 40.0. The summed E-state index contributed by atoms with van der Waals surface area (Å²) in [4.78, 5) is 14.7. The lowest BCUT2D eigenvalue weighted by Gasteiger charge is -2.22. The van der Waals surface area contributed by atoms with Crippen molar-refractivity contribution in [3.8, 4) is 33.6 Å². The SMILES string of the molecule is CC(=O)N(c1ccc(-c2cccc3c2oc2ccccc23)cc1)c1ccc(-n2c3ccccc3c3ccccc32)cc1.c1ccc2c(c1)oc1c(-c3ccc(Nc4ccc(-n5c6ccccc6c6ccccc65)cc4)cc3)cccc12. The molecule has 0 atom stereocenters. The first-order valence-corrected chi connectivity index (χ1v) is 27.3. The molecule has 0 aliphatic rings. The second kappa shape index (κ2) is 19.5. The van der Waals surface area contributed by atoms with E-state index in [2.05, 4.69) is 239 Å². The zero-order valence-electron chi connectivity index (χ0n) is 44.1. The molecule has 7 heteroatoms. The van der Waals surface area contributed by atoms with E-state index in [1.807, 2.05) is 54.6 Å². The number of nitrogens with one attached hydrogen (secondary N) is 1. The zero-order chi connectivity index (χ0) is 54.0. The lowest BCUT2D eigenvalue weighted by atomic mass is 10.0. The van der Waals surface area contributed by atoms with E-state index in [0.717, 1.165) is 111 Å². The van der Waals surface area contributed by atoms with Gasteiger partial charge in [0.2, 0.25) is 5.91 Å². The molecule has 0 saturated carbocycles. The molecule has 0 unspecified atom stereocenters. The van der Waals surface area contributed by atoms with Gasteiger partial charge in [0.05, 0.1) is 22.1 Å². The predicted octanol–water partition coefficient (Wildman–Crippen LogP) is 20.1. The van der Waals surface area contributed by atoms with Gasteiger partial charge < -0.3 is 23.3 Å². The van der Waals surface area contributed by atoms with Crippen molar-refractivity contribution >= 4 is 116 Å². The molecule has 4 aromatic heterocycles. The van der Waals surface area contributed by atoms with Crippen LogP contribution in [-0.2, 0) is 4.79 Å². The summed E-state index contributed by atoms with van der Waals surface area (Å²) in [6, 6.07) is 96.5. The van der Waals surface area contributed by atoms with Gasteiger partial charge in [0.25, 0.3) is 0 Å². The molecule has 16 rings (SSSR count). The average Bonchev–Trinajstić information content (AvgIpc) is 4.39. The Morgan fingerprint density at radius 2 is 0.654 bits per heavy atom. The summed E-state index contributed by atoms with van der Waals surface area (Å²) in [5.74, 6) is -0.0493. The Balaban J connectivity index is 0.000000140. The summed E-state index contributed by atoms with van der Waals surface area (Å²) >= 11 is 0. The number of amides is 1. The molecule has 81 heavy (non-hydrogen) atoms. The minimum Gasteiger partial charge on any atom is -0.455 e. The molecule has 384 valence electrons. The van der Waals surface area contributed by atoms with Crippen LogP contribution in [-0.4, -0.2) is 15.0 Å². The number of benzene rings is 12. The summed E-state index contributed by atoms with van der Waals surface area (Å²) in [5.41, 5.74) is 18.6. The molecule has 16 aromatic rings. The van der Waals surface area contributed by atoms with E-state index in [0.29, 0.717) is 0 Å². The first-order valence-electron chi connectivity index (χ1n) is 27.3. The second-order valence-electron chi connectivity index (χ2n) is 20.5. The van der Waals surface area contributed by atoms with Gasteiger partial charge in [0, 0.05) is 95.3 Å². The Bertz CT molecular complexity index is 4940. The highest BCUT2D eigenvalue weighted by Gasteiger charge is 2.19. The summed E-state index contributed by atoms with van der Waals surface area (Å²) < 4.78 is 17.1. The summed E-state index contributed by atoms with van der Waals surface area (Å²) in [6.45, 7) is 1.60. The third-order valence-corrected chi connectivity index (χ3v) is 15.7. The highest BCUT2D eigenvalue weighted by molar-refractivity contribution is 6.13. The molecule has 1 N–H and O–H groups in total. The van der Waals surface area contributed by atoms with Gasteiger partial charge in [-0.15, -0.1) is 0 Å². The van der Waals surface area contributed by atoms with Crippen LogP contribution in [0, 0.1) is 0 Å². The Hall–Kier alpha value is -10.9. The third kappa shape index (κ3) is 8.18. The summed E-state index contributed by atoms with van der Waals surface area (Å²) in [7, 11) is 0. The highest BCUT2D eigenvalue weighted by Crippen LogP contribution is 2.40. The van der Waals surface area contributed by atoms with Gasteiger partial charge in [-0.1, -0.05) is 170 Å². The van der Waals surface area contributed by atoms with Gasteiger partial charge in [-0.25, -0.2) is 0 Å². The largest absolute Gasteiger partial charge is 0.455 e. The Morgan fingerprint density at radius 1 is 0.333 bits per heavy atom. The Labute approximate surface area is 466 Å². The van der Waals surface area contributed by atoms with Gasteiger partial charge in [-0.3, -0.25) is 9.69 Å². The minimum atomic E-state index is -0.0493. The lowest BCUT2D eigenvalue weighted by Crippen LogP contribution is -2.22. The lowest BCUT2D eigenvalue weighted by molar-refractivity contribution is -0.115. The maximum atomic E-state index is 12.9. The predicted molar refractivity (Wildman–Crippen MR) is 336 cm³/mol. The molecule has 0 aliphatic carbocycles. The van der Waals surface area contributed by atoms with Crippen LogP contribution in [0.2, 0.25) is 0 Å². The third-order valence-electron chi connectivity index (χ3n) is 15.7. The fraction of sp³-hybridized carbons (Fsp3) is 0.0135. The molecule has 0 spiro atoms. The van der Waals surface area contributed by atoms with Crippen molar-refractivity contribution in [1.82, 2.24) is 9.13 Å². The van der Waals surface area contributed by atoms with Gasteiger partial charge in [-0.05, 0) is 120 Å². The van der Waals surface area contributed by atoms with Crippen LogP contribution in [0.5, 0.6) is 0 Å². The van der Waals surface area contributed by atoms with Crippen molar-refractivity contribution in [2.24, 2.45) is 0 Å². The first kappa shape index (κ1) is 47.3. The molecule has 0 bridgehead atoms. The van der Waals surface area contributed by atoms with Crippen LogP contribution in [0.25, 0.3) is 121 Å². The molecular formula is C74H50N4O3. The van der Waals surface area contributed by atoms with Gasteiger partial charge in [-0.2, -0.15) is 0 Å². The number of carbonyl (C=O) groups excluding carboxylic acids is 1. The van der Waals surface area contributed by atoms with E-state index in [9.17, 15) is 4.79 Å². The number of hydrogen-bond donors (Lipinski definition) is 1. The maximum Gasteiger partial charge on any atom is 0.228 e. The normalized spacial score (nSPS) is 11.6. The molecule has 4 heterocycles. The van der Waals surface area contributed by atoms with Crippen LogP contribution >= 0.6 is 0 Å². The molecule has 0 aliphatic heterocycles. The summed E-state index contributed by atoms with van der Waals surface area (Å²) in [6.07, 6.45) is 0. The van der Waals surface area contributed by atoms with Crippen LogP contribution < -0.4 is 10.2 Å². The number of para-hydroxylation sites is 8. The Kier molecular flexibility index (Phi) is 11.4. The maximum absolute atomic E-state index is 12.9. The zero-order valence-corrected chi connectivity index (χ0v) is 44.1. The number of carbonyl (C=O) groups is 1.